The van der Waals surface area contributed by atoms with Gasteiger partial charge in [-0.2, -0.15) is 5.10 Å². The molecule has 20 heavy (non-hydrogen) atoms. The molecule has 3 rings (SSSR count). The molecule has 0 amide bonds. The largest absolute Gasteiger partial charge is 0.383 e. The molecule has 0 radical (unpaired) electrons. The van der Waals surface area contributed by atoms with Crippen molar-refractivity contribution in [2.75, 3.05) is 19.0 Å². The van der Waals surface area contributed by atoms with Crippen molar-refractivity contribution in [3.05, 3.63) is 35.9 Å². The van der Waals surface area contributed by atoms with Crippen LogP contribution in [0.15, 0.2) is 30.9 Å². The van der Waals surface area contributed by atoms with Crippen molar-refractivity contribution in [1.82, 2.24) is 14.8 Å². The van der Waals surface area contributed by atoms with Crippen molar-refractivity contribution < 1.29 is 4.74 Å². The number of nitrogens with one attached hydrogen (secondary N) is 1. The molecule has 6 heteroatoms. The van der Waals surface area contributed by atoms with E-state index in [9.17, 15) is 0 Å². The Morgan fingerprint density at radius 3 is 3.00 bits per heavy atom. The van der Waals surface area contributed by atoms with Gasteiger partial charge in [-0.1, -0.05) is 11.6 Å². The van der Waals surface area contributed by atoms with E-state index in [1.165, 1.54) is 19.2 Å². The number of aromatic nitrogens is 3. The topological polar surface area (TPSA) is 52.0 Å². The molecule has 1 aromatic heterocycles. The number of hydrogen-bond donors (Lipinski definition) is 1. The molecule has 5 nitrogen and oxygen atoms in total. The van der Waals surface area contributed by atoms with Crippen LogP contribution in [-0.4, -0.2) is 34.5 Å². The van der Waals surface area contributed by atoms with Gasteiger partial charge in [0.05, 0.1) is 24.0 Å². The van der Waals surface area contributed by atoms with Gasteiger partial charge in [0, 0.05) is 12.1 Å². The first-order valence-electron chi connectivity index (χ1n) is 6.68. The SMILES string of the molecule is COCC(Nc1cc(Cl)ccc1-n1cncn1)C1CC1. The Balaban J connectivity index is 1.88. The van der Waals surface area contributed by atoms with Crippen LogP contribution in [-0.2, 0) is 4.74 Å². The fourth-order valence-electron chi connectivity index (χ4n) is 2.33. The Kier molecular flexibility index (Phi) is 3.89. The van der Waals surface area contributed by atoms with Gasteiger partial charge in [-0.25, -0.2) is 9.67 Å². The zero-order valence-electron chi connectivity index (χ0n) is 11.3. The highest BCUT2D eigenvalue weighted by Crippen LogP contribution is 2.35. The van der Waals surface area contributed by atoms with E-state index in [1.54, 1.807) is 18.1 Å². The number of nitrogens with zero attached hydrogens (tertiary/aromatic N) is 3. The molecule has 1 N–H and O–H groups in total. The summed E-state index contributed by atoms with van der Waals surface area (Å²) in [7, 11) is 1.73. The summed E-state index contributed by atoms with van der Waals surface area (Å²) >= 11 is 6.12. The van der Waals surface area contributed by atoms with Crippen LogP contribution in [0.4, 0.5) is 5.69 Å². The third kappa shape index (κ3) is 2.94. The van der Waals surface area contributed by atoms with Gasteiger partial charge >= 0.3 is 0 Å². The fourth-order valence-corrected chi connectivity index (χ4v) is 2.50. The third-order valence-corrected chi connectivity index (χ3v) is 3.74. The van der Waals surface area contributed by atoms with E-state index >= 15 is 0 Å². The predicted molar refractivity (Wildman–Crippen MR) is 78.4 cm³/mol. The number of hydrogen-bond acceptors (Lipinski definition) is 4. The highest BCUT2D eigenvalue weighted by Gasteiger charge is 2.31. The van der Waals surface area contributed by atoms with Crippen molar-refractivity contribution in [2.24, 2.45) is 5.92 Å². The van der Waals surface area contributed by atoms with E-state index in [0.717, 1.165) is 11.4 Å². The van der Waals surface area contributed by atoms with E-state index in [-0.39, 0.29) is 0 Å². The van der Waals surface area contributed by atoms with Crippen molar-refractivity contribution in [1.29, 1.82) is 0 Å². The first kappa shape index (κ1) is 13.4. The molecule has 0 bridgehead atoms. The maximum atomic E-state index is 6.12. The van der Waals surface area contributed by atoms with Crippen LogP contribution in [0.1, 0.15) is 12.8 Å². The van der Waals surface area contributed by atoms with Crippen LogP contribution < -0.4 is 5.32 Å². The second kappa shape index (κ2) is 5.81. The maximum absolute atomic E-state index is 6.12. The first-order chi connectivity index (χ1) is 9.78. The molecule has 1 aromatic carbocycles. The third-order valence-electron chi connectivity index (χ3n) is 3.50. The average Bonchev–Trinajstić information content (AvgIpc) is 3.14. The van der Waals surface area contributed by atoms with Crippen LogP contribution in [0.3, 0.4) is 0 Å². The number of anilines is 1. The number of benzene rings is 1. The number of ether oxygens (including phenoxy) is 1. The molecule has 0 spiro atoms. The molecule has 1 saturated carbocycles. The Morgan fingerprint density at radius 1 is 1.50 bits per heavy atom. The second-order valence-electron chi connectivity index (χ2n) is 5.05. The number of rotatable bonds is 6. The van der Waals surface area contributed by atoms with E-state index in [0.29, 0.717) is 23.6 Å². The summed E-state index contributed by atoms with van der Waals surface area (Å²) in [4.78, 5) is 3.99. The summed E-state index contributed by atoms with van der Waals surface area (Å²) in [5, 5.41) is 8.42. The van der Waals surface area contributed by atoms with Gasteiger partial charge in [0.1, 0.15) is 12.7 Å². The lowest BCUT2D eigenvalue weighted by Gasteiger charge is -2.21. The fraction of sp³-hybridized carbons (Fsp3) is 0.429. The first-order valence-corrected chi connectivity index (χ1v) is 7.06. The lowest BCUT2D eigenvalue weighted by molar-refractivity contribution is 0.179. The van der Waals surface area contributed by atoms with Crippen molar-refractivity contribution in [2.45, 2.75) is 18.9 Å². The van der Waals surface area contributed by atoms with Crippen molar-refractivity contribution >= 4 is 17.3 Å². The molecule has 0 saturated heterocycles. The van der Waals surface area contributed by atoms with Gasteiger partial charge in [0.25, 0.3) is 0 Å². The van der Waals surface area contributed by atoms with E-state index in [2.05, 4.69) is 15.4 Å². The lowest BCUT2D eigenvalue weighted by Crippen LogP contribution is -2.27. The van der Waals surface area contributed by atoms with Crippen LogP contribution in [0.2, 0.25) is 5.02 Å². The zero-order valence-corrected chi connectivity index (χ0v) is 12.0. The van der Waals surface area contributed by atoms with Gasteiger partial charge in [0.2, 0.25) is 0 Å². The Labute approximate surface area is 122 Å². The number of halogens is 1. The lowest BCUT2D eigenvalue weighted by atomic mass is 10.1. The van der Waals surface area contributed by atoms with Gasteiger partial charge < -0.3 is 10.1 Å². The van der Waals surface area contributed by atoms with Crippen LogP contribution >= 0.6 is 11.6 Å². The van der Waals surface area contributed by atoms with Crippen molar-refractivity contribution in [3.8, 4) is 5.69 Å². The van der Waals surface area contributed by atoms with Crippen molar-refractivity contribution in [3.63, 3.8) is 0 Å². The molecule has 1 aliphatic carbocycles. The maximum Gasteiger partial charge on any atom is 0.138 e. The molecule has 1 fully saturated rings. The zero-order chi connectivity index (χ0) is 13.9. The molecule has 0 aliphatic heterocycles. The Hall–Kier alpha value is -1.59. The normalized spacial score (nSPS) is 16.1. The van der Waals surface area contributed by atoms with Gasteiger partial charge in [-0.05, 0) is 37.0 Å². The minimum Gasteiger partial charge on any atom is -0.383 e. The molecule has 1 aliphatic rings. The molecule has 2 aromatic rings. The average molecular weight is 293 g/mol. The standard InChI is InChI=1S/C14H17ClN4O/c1-20-7-13(10-2-3-10)18-12-6-11(15)4-5-14(12)19-9-16-8-17-19/h4-6,8-10,13,18H,2-3,7H2,1H3. The Bertz CT molecular complexity index is 569. The highest BCUT2D eigenvalue weighted by molar-refractivity contribution is 6.31. The van der Waals surface area contributed by atoms with Crippen LogP contribution in [0, 0.1) is 5.92 Å². The highest BCUT2D eigenvalue weighted by atomic mass is 35.5. The Morgan fingerprint density at radius 2 is 2.35 bits per heavy atom. The molecular formula is C14H17ClN4O. The smallest absolute Gasteiger partial charge is 0.138 e. The predicted octanol–water partition coefficient (Wildman–Crippen LogP) is 2.76. The van der Waals surface area contributed by atoms with Gasteiger partial charge in [0.15, 0.2) is 0 Å². The van der Waals surface area contributed by atoms with E-state index in [4.69, 9.17) is 16.3 Å². The summed E-state index contributed by atoms with van der Waals surface area (Å²) in [6.45, 7) is 0.688. The van der Waals surface area contributed by atoms with E-state index in [1.807, 2.05) is 18.2 Å². The van der Waals surface area contributed by atoms with Crippen LogP contribution in [0.5, 0.6) is 0 Å². The second-order valence-corrected chi connectivity index (χ2v) is 5.48. The molecule has 1 heterocycles. The summed E-state index contributed by atoms with van der Waals surface area (Å²) in [6.07, 6.45) is 5.70. The summed E-state index contributed by atoms with van der Waals surface area (Å²) in [6, 6.07) is 6.02. The monoisotopic (exact) mass is 292 g/mol. The minimum atomic E-state index is 0.306. The molecular weight excluding hydrogens is 276 g/mol. The summed E-state index contributed by atoms with van der Waals surface area (Å²) in [5.74, 6) is 0.678. The summed E-state index contributed by atoms with van der Waals surface area (Å²) < 4.78 is 7.04. The number of methoxy groups -OCH3 is 1. The quantitative estimate of drug-likeness (QED) is 0.889. The molecule has 106 valence electrons. The van der Waals surface area contributed by atoms with Crippen LogP contribution in [0.25, 0.3) is 5.69 Å². The molecule has 1 atom stereocenters. The summed E-state index contributed by atoms with van der Waals surface area (Å²) in [5.41, 5.74) is 1.89. The van der Waals surface area contributed by atoms with E-state index < -0.39 is 0 Å². The van der Waals surface area contributed by atoms with Gasteiger partial charge in [-0.3, -0.25) is 0 Å². The minimum absolute atomic E-state index is 0.306. The molecule has 1 unspecified atom stereocenters. The van der Waals surface area contributed by atoms with Gasteiger partial charge in [-0.15, -0.1) is 0 Å².